The van der Waals surface area contributed by atoms with Gasteiger partial charge >= 0.3 is 0 Å². The highest BCUT2D eigenvalue weighted by molar-refractivity contribution is 6.30. The molecule has 2 aromatic carbocycles. The number of nitrogens with one attached hydrogen (secondary N) is 2. The molecule has 0 radical (unpaired) electrons. The molecule has 0 amide bonds. The molecule has 3 N–H and O–H groups in total. The van der Waals surface area contributed by atoms with E-state index in [4.69, 9.17) is 16.3 Å². The molecule has 2 heterocycles. The first kappa shape index (κ1) is 19.0. The van der Waals surface area contributed by atoms with E-state index in [1.807, 2.05) is 12.1 Å². The van der Waals surface area contributed by atoms with Crippen LogP contribution in [0.25, 0.3) is 6.08 Å². The van der Waals surface area contributed by atoms with Crippen LogP contribution in [0, 0.1) is 0 Å². The Morgan fingerprint density at radius 2 is 1.75 bits per heavy atom. The third kappa shape index (κ3) is 3.78. The number of allylic oxidation sites excluding steroid dienone is 1. The van der Waals surface area contributed by atoms with Crippen LogP contribution in [0.15, 0.2) is 42.2 Å². The molecule has 0 saturated carbocycles. The minimum atomic E-state index is -0.151. The number of piperazine rings is 1. The summed E-state index contributed by atoms with van der Waals surface area (Å²) in [5.41, 5.74) is 2.08. The molecule has 2 aliphatic rings. The maximum atomic E-state index is 12.8. The summed E-state index contributed by atoms with van der Waals surface area (Å²) in [6.45, 7) is 8.38. The van der Waals surface area contributed by atoms with Crippen LogP contribution < -0.4 is 14.5 Å². The number of hydrogen-bond acceptors (Lipinski definition) is 3. The van der Waals surface area contributed by atoms with E-state index in [-0.39, 0.29) is 17.3 Å². The van der Waals surface area contributed by atoms with Gasteiger partial charge in [-0.2, -0.15) is 0 Å². The number of ether oxygens (including phenoxy) is 1. The number of carbonyl (C=O) groups is 1. The van der Waals surface area contributed by atoms with Gasteiger partial charge in [0, 0.05) is 5.02 Å². The summed E-state index contributed by atoms with van der Waals surface area (Å²) in [5.74, 6) is 0.820. The van der Waals surface area contributed by atoms with E-state index < -0.39 is 0 Å². The highest BCUT2D eigenvalue weighted by Gasteiger charge is 2.33. The quantitative estimate of drug-likeness (QED) is 0.670. The molecule has 6 heteroatoms. The van der Waals surface area contributed by atoms with Crippen LogP contribution in [-0.4, -0.2) is 43.6 Å². The van der Waals surface area contributed by atoms with Crippen LogP contribution in [-0.2, 0) is 6.54 Å². The first-order valence-corrected chi connectivity index (χ1v) is 10.1. The molecule has 146 valence electrons. The normalized spacial score (nSPS) is 22.9. The van der Waals surface area contributed by atoms with Gasteiger partial charge in [0.05, 0.1) is 17.7 Å². The number of benzene rings is 2. The largest absolute Gasteiger partial charge is 0.507 e. The SMILES string of the molecule is CC[NH+]1CC[NH+](Cc2c(O)ccc3c2O/C(=C\c2ccc(Cl)cc2)C3=O)CC1. The Hall–Kier alpha value is -2.34. The van der Waals surface area contributed by atoms with Crippen molar-refractivity contribution in [3.8, 4) is 11.5 Å². The summed E-state index contributed by atoms with van der Waals surface area (Å²) in [5, 5.41) is 11.1. The molecule has 1 fully saturated rings. The van der Waals surface area contributed by atoms with Crippen LogP contribution in [0.3, 0.4) is 0 Å². The first-order valence-electron chi connectivity index (χ1n) is 9.77. The van der Waals surface area contributed by atoms with Crippen LogP contribution >= 0.6 is 11.6 Å². The molecule has 1 saturated heterocycles. The number of carbonyl (C=O) groups excluding carboxylic acids is 1. The zero-order valence-electron chi connectivity index (χ0n) is 15.9. The summed E-state index contributed by atoms with van der Waals surface area (Å²) in [4.78, 5) is 15.8. The van der Waals surface area contributed by atoms with E-state index in [0.717, 1.165) is 43.9 Å². The average molecular weight is 401 g/mol. The topological polar surface area (TPSA) is 55.4 Å². The fourth-order valence-corrected chi connectivity index (χ4v) is 4.04. The summed E-state index contributed by atoms with van der Waals surface area (Å²) < 4.78 is 5.95. The molecule has 0 unspecified atom stereocenters. The Balaban J connectivity index is 1.58. The second kappa shape index (κ2) is 7.95. The standard InChI is InChI=1S/C22H23ClN2O3/c1-2-24-9-11-25(12-10-24)14-18-19(26)8-7-17-21(27)20(28-22(17)18)13-15-3-5-16(23)6-4-15/h3-8,13,26H,2,9-12,14H2,1H3/p+2/b20-13-. The van der Waals surface area contributed by atoms with Gasteiger partial charge in [0.15, 0.2) is 11.5 Å². The number of Topliss-reactive ketones (excluding diaryl/α,β-unsaturated/α-hetero) is 1. The molecule has 0 atom stereocenters. The monoisotopic (exact) mass is 400 g/mol. The molecule has 4 rings (SSSR count). The summed E-state index contributed by atoms with van der Waals surface area (Å²) in [6, 6.07) is 10.5. The number of halogens is 1. The molecular formula is C22H25ClN2O3+2. The summed E-state index contributed by atoms with van der Waals surface area (Å²) in [6.07, 6.45) is 1.72. The van der Waals surface area contributed by atoms with Gasteiger partial charge in [0.25, 0.3) is 0 Å². The predicted molar refractivity (Wildman–Crippen MR) is 108 cm³/mol. The van der Waals surface area contributed by atoms with Crippen molar-refractivity contribution in [3.05, 3.63) is 63.9 Å². The Morgan fingerprint density at radius 3 is 2.43 bits per heavy atom. The van der Waals surface area contributed by atoms with Crippen molar-refractivity contribution in [3.63, 3.8) is 0 Å². The van der Waals surface area contributed by atoms with Crippen LogP contribution in [0.4, 0.5) is 0 Å². The number of likely N-dealkylation sites (N-methyl/N-ethyl adjacent to an activating group) is 1. The highest BCUT2D eigenvalue weighted by Crippen LogP contribution is 2.39. The zero-order chi connectivity index (χ0) is 19.7. The molecule has 2 aliphatic heterocycles. The molecule has 0 aliphatic carbocycles. The fourth-order valence-electron chi connectivity index (χ4n) is 3.92. The first-order chi connectivity index (χ1) is 13.5. The molecule has 0 spiro atoms. The number of hydrogen-bond donors (Lipinski definition) is 3. The van der Waals surface area contributed by atoms with E-state index >= 15 is 0 Å². The fraction of sp³-hybridized carbons (Fsp3) is 0.318. The van der Waals surface area contributed by atoms with Crippen molar-refractivity contribution >= 4 is 23.5 Å². The van der Waals surface area contributed by atoms with E-state index in [1.165, 1.54) is 4.90 Å². The van der Waals surface area contributed by atoms with Gasteiger partial charge in [0.2, 0.25) is 5.78 Å². The molecule has 5 nitrogen and oxygen atoms in total. The van der Waals surface area contributed by atoms with Gasteiger partial charge in [-0.1, -0.05) is 23.7 Å². The highest BCUT2D eigenvalue weighted by atomic mass is 35.5. The predicted octanol–water partition coefficient (Wildman–Crippen LogP) is 0.965. The van der Waals surface area contributed by atoms with Crippen molar-refractivity contribution in [2.24, 2.45) is 0 Å². The number of quaternary nitrogens is 2. The Labute approximate surface area is 169 Å². The number of aromatic hydroxyl groups is 1. The average Bonchev–Trinajstić information content (AvgIpc) is 3.02. The van der Waals surface area contributed by atoms with Gasteiger partial charge in [-0.3, -0.25) is 4.79 Å². The van der Waals surface area contributed by atoms with Gasteiger partial charge in [-0.15, -0.1) is 0 Å². The Bertz CT molecular complexity index is 916. The van der Waals surface area contributed by atoms with E-state index in [0.29, 0.717) is 22.9 Å². The van der Waals surface area contributed by atoms with E-state index in [9.17, 15) is 9.90 Å². The van der Waals surface area contributed by atoms with Crippen LogP contribution in [0.1, 0.15) is 28.4 Å². The van der Waals surface area contributed by atoms with Gasteiger partial charge < -0.3 is 19.6 Å². The minimum Gasteiger partial charge on any atom is -0.507 e. The lowest BCUT2D eigenvalue weighted by Gasteiger charge is -2.29. The number of phenols is 1. The summed E-state index contributed by atoms with van der Waals surface area (Å²) in [7, 11) is 0. The molecule has 28 heavy (non-hydrogen) atoms. The maximum Gasteiger partial charge on any atom is 0.231 e. The van der Waals surface area contributed by atoms with Crippen molar-refractivity contribution in [2.75, 3.05) is 32.7 Å². The summed E-state index contributed by atoms with van der Waals surface area (Å²) >= 11 is 5.93. The number of rotatable bonds is 4. The molecule has 0 aromatic heterocycles. The molecule has 0 bridgehead atoms. The Morgan fingerprint density at radius 1 is 1.07 bits per heavy atom. The van der Waals surface area contributed by atoms with Gasteiger partial charge in [-0.25, -0.2) is 0 Å². The molecular weight excluding hydrogens is 376 g/mol. The van der Waals surface area contributed by atoms with E-state index in [1.54, 1.807) is 35.2 Å². The third-order valence-corrected chi connectivity index (χ3v) is 5.93. The lowest BCUT2D eigenvalue weighted by atomic mass is 10.0. The van der Waals surface area contributed by atoms with Crippen LogP contribution in [0.5, 0.6) is 11.5 Å². The zero-order valence-corrected chi connectivity index (χ0v) is 16.7. The van der Waals surface area contributed by atoms with E-state index in [2.05, 4.69) is 6.92 Å². The van der Waals surface area contributed by atoms with Gasteiger partial charge in [-0.05, 0) is 42.8 Å². The van der Waals surface area contributed by atoms with Crippen molar-refractivity contribution in [2.45, 2.75) is 13.5 Å². The lowest BCUT2D eigenvalue weighted by molar-refractivity contribution is -1.02. The van der Waals surface area contributed by atoms with Crippen molar-refractivity contribution in [1.82, 2.24) is 0 Å². The lowest BCUT2D eigenvalue weighted by Crippen LogP contribution is -3.27. The molecule has 2 aromatic rings. The van der Waals surface area contributed by atoms with Crippen molar-refractivity contribution < 1.29 is 24.4 Å². The smallest absolute Gasteiger partial charge is 0.231 e. The van der Waals surface area contributed by atoms with Gasteiger partial charge in [0.1, 0.15) is 38.5 Å². The second-order valence-electron chi connectivity index (χ2n) is 7.46. The maximum absolute atomic E-state index is 12.8. The second-order valence-corrected chi connectivity index (χ2v) is 7.90. The minimum absolute atomic E-state index is 0.151. The third-order valence-electron chi connectivity index (χ3n) is 5.67. The van der Waals surface area contributed by atoms with Crippen molar-refractivity contribution in [1.29, 1.82) is 0 Å². The number of ketones is 1. The Kier molecular flexibility index (Phi) is 5.40. The number of phenolic OH excluding ortho intramolecular Hbond substituents is 1. The number of fused-ring (bicyclic) bond motifs is 1. The van der Waals surface area contributed by atoms with Crippen LogP contribution in [0.2, 0.25) is 5.02 Å².